The number of hydrogen-bond acceptors (Lipinski definition) is 26. The Morgan fingerprint density at radius 1 is 0.634 bits per heavy atom. The number of allylic oxidation sites excluding steroid dienone is 2. The second-order valence-electron chi connectivity index (χ2n) is 29.1. The van der Waals surface area contributed by atoms with Gasteiger partial charge in [0.15, 0.2) is 43.3 Å². The number of aliphatic carboxylic acids is 1. The zero-order valence-electron chi connectivity index (χ0n) is 54.1. The number of fused-ring (bicyclic) bond motifs is 7. The first-order valence-electron chi connectivity index (χ1n) is 32.3. The molecular formula is C66H94O27. The summed E-state index contributed by atoms with van der Waals surface area (Å²) in [5, 5.41) is 121. The van der Waals surface area contributed by atoms with Crippen molar-refractivity contribution in [3.63, 3.8) is 0 Å². The number of aldehydes is 1. The number of ether oxygens (including phenoxy) is 11. The second kappa shape index (κ2) is 26.7. The van der Waals surface area contributed by atoms with Gasteiger partial charge in [-0.3, -0.25) is 9.59 Å². The number of carbonyl (C=O) groups excluding carboxylic acids is 4. The van der Waals surface area contributed by atoms with E-state index in [1.165, 1.54) is 27.0 Å². The fourth-order valence-electron chi connectivity index (χ4n) is 17.8. The van der Waals surface area contributed by atoms with E-state index in [0.717, 1.165) is 24.9 Å². The number of carboxylic acids is 1. The van der Waals surface area contributed by atoms with Gasteiger partial charge in [-0.25, -0.2) is 9.59 Å². The average molecular weight is 1320 g/mol. The summed E-state index contributed by atoms with van der Waals surface area (Å²) in [6.07, 6.45) is -28.3. The Balaban J connectivity index is 0.940. The Morgan fingerprint density at radius 3 is 1.91 bits per heavy atom. The predicted molar refractivity (Wildman–Crippen MR) is 318 cm³/mol. The number of aliphatic hydroxyl groups is 10. The van der Waals surface area contributed by atoms with E-state index >= 15 is 4.79 Å². The Labute approximate surface area is 539 Å². The minimum Gasteiger partial charge on any atom is -0.497 e. The number of benzene rings is 1. The molecule has 0 amide bonds. The van der Waals surface area contributed by atoms with Gasteiger partial charge in [-0.2, -0.15) is 0 Å². The van der Waals surface area contributed by atoms with Crippen LogP contribution in [-0.2, 0) is 71.3 Å². The first-order valence-corrected chi connectivity index (χ1v) is 32.3. The minimum atomic E-state index is -2.10. The molecule has 0 bridgehead atoms. The quantitative estimate of drug-likeness (QED) is 0.0276. The second-order valence-corrected chi connectivity index (χ2v) is 29.1. The van der Waals surface area contributed by atoms with E-state index in [1.807, 2.05) is 0 Å². The molecule has 27 heteroatoms. The Kier molecular flexibility index (Phi) is 20.4. The van der Waals surface area contributed by atoms with Gasteiger partial charge in [0.1, 0.15) is 78.5 Å². The van der Waals surface area contributed by atoms with Crippen LogP contribution in [0, 0.1) is 50.2 Å². The van der Waals surface area contributed by atoms with Crippen molar-refractivity contribution in [1.82, 2.24) is 0 Å². The van der Waals surface area contributed by atoms with Crippen LogP contribution in [0.15, 0.2) is 42.0 Å². The summed E-state index contributed by atoms with van der Waals surface area (Å²) in [5.74, 6) is -4.89. The lowest BCUT2D eigenvalue weighted by molar-refractivity contribution is -0.373. The van der Waals surface area contributed by atoms with Crippen molar-refractivity contribution in [2.45, 2.75) is 255 Å². The van der Waals surface area contributed by atoms with E-state index in [1.54, 1.807) is 31.2 Å². The van der Waals surface area contributed by atoms with Crippen molar-refractivity contribution in [1.29, 1.82) is 0 Å². The van der Waals surface area contributed by atoms with Crippen LogP contribution in [0.2, 0.25) is 0 Å². The van der Waals surface area contributed by atoms with Crippen LogP contribution in [0.3, 0.4) is 0 Å². The highest BCUT2D eigenvalue weighted by molar-refractivity contribution is 5.87. The van der Waals surface area contributed by atoms with E-state index in [9.17, 15) is 75.3 Å². The molecule has 520 valence electrons. The number of aliphatic hydroxyl groups excluding tert-OH is 10. The maximum Gasteiger partial charge on any atom is 0.335 e. The predicted octanol–water partition coefficient (Wildman–Crippen LogP) is 1.11. The van der Waals surface area contributed by atoms with Crippen LogP contribution in [0.4, 0.5) is 0 Å². The van der Waals surface area contributed by atoms with E-state index in [2.05, 4.69) is 40.7 Å². The molecule has 1 aromatic carbocycles. The van der Waals surface area contributed by atoms with E-state index < -0.39 is 204 Å². The van der Waals surface area contributed by atoms with Crippen molar-refractivity contribution in [3.8, 4) is 5.75 Å². The molecule has 11 N–H and O–H groups in total. The summed E-state index contributed by atoms with van der Waals surface area (Å²) in [6, 6.07) is 6.81. The molecule has 4 saturated heterocycles. The summed E-state index contributed by atoms with van der Waals surface area (Å²) in [6.45, 7) is 15.7. The molecule has 10 rings (SSSR count). The molecule has 9 aliphatic rings. The summed E-state index contributed by atoms with van der Waals surface area (Å²) in [4.78, 5) is 69.2. The third-order valence-corrected chi connectivity index (χ3v) is 23.3. The SMILES string of the molecule is COc1ccc(/C=C/C(=O)O[C@@H]2[C@H](OC(C)=O)[C@@H](O[C@@H]3O[C@@H](C)[C@H](O)[C@@H](O)[C@H]3O)[C@H](OC(=O)[C@]34CCC(C)(C)C[C@H]3C3=CC[C@@H]5[C@@]6(C)CC[C@H](O[C@@H]7O[C@H](C(=O)O)[C@@H](O)[C@H](O)[C@H]7O[C@@H]7O[C@H](CO)[C@H](O)[C@H](O)[C@H]7O)[C@@](C)(C=O)[C@@H]6CC[C@@]5(C)[C@]3(C)C[C@H]4O)O[C@@H]2C)cc1. The molecule has 93 heavy (non-hydrogen) atoms. The molecule has 0 spiro atoms. The van der Waals surface area contributed by atoms with Crippen LogP contribution in [0.5, 0.6) is 5.75 Å². The molecule has 4 saturated carbocycles. The molecule has 4 aliphatic heterocycles. The number of carboxylic acid groups (broad SMARTS) is 1. The van der Waals surface area contributed by atoms with Crippen LogP contribution in [-0.4, -0.2) is 235 Å². The van der Waals surface area contributed by atoms with Crippen molar-refractivity contribution < 1.29 is 132 Å². The van der Waals surface area contributed by atoms with Crippen molar-refractivity contribution >= 4 is 36.2 Å². The van der Waals surface area contributed by atoms with Gasteiger partial charge < -0.3 is 113 Å². The van der Waals surface area contributed by atoms with E-state index in [0.29, 0.717) is 49.8 Å². The number of esters is 3. The molecular weight excluding hydrogens is 1220 g/mol. The lowest BCUT2D eigenvalue weighted by atomic mass is 9.33. The smallest absolute Gasteiger partial charge is 0.335 e. The minimum absolute atomic E-state index is 0.0866. The molecule has 0 radical (unpaired) electrons. The highest BCUT2D eigenvalue weighted by Crippen LogP contribution is 2.76. The van der Waals surface area contributed by atoms with Crippen molar-refractivity contribution in [2.24, 2.45) is 50.2 Å². The summed E-state index contributed by atoms with van der Waals surface area (Å²) >= 11 is 0. The topological polar surface area (TPSA) is 409 Å². The number of hydrogen-bond donors (Lipinski definition) is 11. The fraction of sp³-hybridized carbons (Fsp3) is 0.773. The zero-order chi connectivity index (χ0) is 68.0. The maximum absolute atomic E-state index is 15.9. The molecule has 5 aliphatic carbocycles. The molecule has 27 nitrogen and oxygen atoms in total. The average Bonchev–Trinajstić information content (AvgIpc) is 0.672. The number of methoxy groups -OCH3 is 1. The highest BCUT2D eigenvalue weighted by atomic mass is 16.8. The van der Waals surface area contributed by atoms with Gasteiger partial charge in [0.2, 0.25) is 6.29 Å². The Bertz CT molecular complexity index is 2960. The Morgan fingerprint density at radius 2 is 1.28 bits per heavy atom. The molecule has 1 aromatic rings. The van der Waals surface area contributed by atoms with E-state index in [-0.39, 0.29) is 30.6 Å². The van der Waals surface area contributed by atoms with Crippen LogP contribution >= 0.6 is 0 Å². The van der Waals surface area contributed by atoms with Crippen LogP contribution < -0.4 is 4.74 Å². The number of carbonyl (C=O) groups is 5. The zero-order valence-corrected chi connectivity index (χ0v) is 54.1. The van der Waals surface area contributed by atoms with Gasteiger partial charge in [-0.15, -0.1) is 0 Å². The van der Waals surface area contributed by atoms with Gasteiger partial charge in [-0.1, -0.05) is 65.3 Å². The molecule has 4 heterocycles. The third kappa shape index (κ3) is 12.4. The highest BCUT2D eigenvalue weighted by Gasteiger charge is 2.73. The lowest BCUT2D eigenvalue weighted by Gasteiger charge is -2.71. The summed E-state index contributed by atoms with van der Waals surface area (Å²) in [5.41, 5.74) is -3.76. The standard InChI is InChI=1S/C66H94O27/c1-29-42(72)44(74)48(78)56(84-29)92-54-53(86-31(3)69)50(89-41(71)18-13-32-11-14-33(83-10)15-12-32)30(2)85-59(54)93-60(82)66-24-23-61(4,5)25-35(66)34-16-17-38-62(6)21-20-40(63(7,28-68)37(62)19-22-64(38,8)65(34,9)26-39(66)70)88-58-52(47(77)46(76)51(90-58)55(80)81)91-57-49(79)45(75)43(73)36(27-67)87-57/h11-16,18,28-30,35-40,42-54,56-59,67,70,72-79H,17,19-27H2,1-10H3,(H,80,81)/b18-13+/t29-,30+,35-,36+,37+,38+,39+,40-,42-,43-,44+,45-,46-,47-,48+,49+,50-,51-,52+,53-,54+,56-,57-,58+,59-,62-,63-,64+,65+,66+/m0/s1. The summed E-state index contributed by atoms with van der Waals surface area (Å²) < 4.78 is 66.2. The van der Waals surface area contributed by atoms with Crippen molar-refractivity contribution in [2.75, 3.05) is 13.7 Å². The largest absolute Gasteiger partial charge is 0.497 e. The monoisotopic (exact) mass is 1320 g/mol. The Hall–Kier alpha value is -4.63. The maximum atomic E-state index is 15.9. The van der Waals surface area contributed by atoms with Gasteiger partial charge in [-0.05, 0) is 135 Å². The van der Waals surface area contributed by atoms with Crippen LogP contribution in [0.1, 0.15) is 126 Å². The van der Waals surface area contributed by atoms with Gasteiger partial charge >= 0.3 is 23.9 Å². The fourth-order valence-corrected chi connectivity index (χ4v) is 17.8. The summed E-state index contributed by atoms with van der Waals surface area (Å²) in [7, 11) is 1.52. The van der Waals surface area contributed by atoms with E-state index in [4.69, 9.17) is 52.1 Å². The lowest BCUT2D eigenvalue weighted by Crippen LogP contribution is -2.69. The van der Waals surface area contributed by atoms with Gasteiger partial charge in [0.25, 0.3) is 0 Å². The van der Waals surface area contributed by atoms with Crippen LogP contribution in [0.25, 0.3) is 6.08 Å². The molecule has 0 unspecified atom stereocenters. The van der Waals surface area contributed by atoms with Gasteiger partial charge in [0, 0.05) is 13.0 Å². The first kappa shape index (κ1) is 71.2. The molecule has 0 aromatic heterocycles. The molecule has 8 fully saturated rings. The van der Waals surface area contributed by atoms with Gasteiger partial charge in [0.05, 0.1) is 43.5 Å². The molecule has 30 atom stereocenters. The first-order chi connectivity index (χ1) is 43.6. The third-order valence-electron chi connectivity index (χ3n) is 23.3. The van der Waals surface area contributed by atoms with Crippen molar-refractivity contribution in [3.05, 3.63) is 47.6 Å². The number of rotatable bonds is 16. The normalized spacial score (nSPS) is 47.9.